The van der Waals surface area contributed by atoms with Crippen LogP contribution in [-0.4, -0.2) is 26.9 Å². The van der Waals surface area contributed by atoms with E-state index in [9.17, 15) is 4.79 Å². The van der Waals surface area contributed by atoms with Crippen LogP contribution in [0.4, 0.5) is 0 Å². The lowest BCUT2D eigenvalue weighted by Gasteiger charge is -2.07. The number of aromatic amines is 1. The van der Waals surface area contributed by atoms with Crippen molar-refractivity contribution in [3.05, 3.63) is 27.8 Å². The molecule has 2 aromatic heterocycles. The Balaban J connectivity index is 2.58. The number of aromatic nitrogens is 4. The van der Waals surface area contributed by atoms with E-state index in [4.69, 9.17) is 4.74 Å². The minimum Gasteiger partial charge on any atom is -0.481 e. The lowest BCUT2D eigenvalue weighted by molar-refractivity contribution is 0.374. The van der Waals surface area contributed by atoms with Crippen LogP contribution in [0.3, 0.4) is 0 Å². The summed E-state index contributed by atoms with van der Waals surface area (Å²) in [6.07, 6.45) is 0.762. The first-order valence-corrected chi connectivity index (χ1v) is 6.60. The molecule has 0 aliphatic carbocycles. The van der Waals surface area contributed by atoms with Crippen molar-refractivity contribution in [3.63, 3.8) is 0 Å². The van der Waals surface area contributed by atoms with Gasteiger partial charge in [-0.3, -0.25) is 4.79 Å². The monoisotopic (exact) mass is 276 g/mol. The normalized spacial score (nSPS) is 11.1. The van der Waals surface area contributed by atoms with E-state index >= 15 is 0 Å². The first kappa shape index (κ1) is 14.3. The second-order valence-electron chi connectivity index (χ2n) is 5.28. The molecule has 2 rings (SSSR count). The van der Waals surface area contributed by atoms with Crippen LogP contribution in [0.2, 0.25) is 0 Å². The summed E-state index contributed by atoms with van der Waals surface area (Å²) in [5.41, 5.74) is 2.13. The van der Waals surface area contributed by atoms with Crippen LogP contribution < -0.4 is 10.3 Å². The molecule has 0 radical (unpaired) electrons. The maximum atomic E-state index is 11.8. The van der Waals surface area contributed by atoms with Crippen molar-refractivity contribution < 1.29 is 4.74 Å². The van der Waals surface area contributed by atoms with Gasteiger partial charge in [0.1, 0.15) is 11.4 Å². The van der Waals surface area contributed by atoms with E-state index in [0.29, 0.717) is 17.6 Å². The maximum Gasteiger partial charge on any atom is 0.251 e. The molecule has 2 heterocycles. The van der Waals surface area contributed by atoms with E-state index in [2.05, 4.69) is 28.9 Å². The Morgan fingerprint density at radius 1 is 1.45 bits per heavy atom. The number of methoxy groups -OCH3 is 1. The Labute approximate surface area is 117 Å². The van der Waals surface area contributed by atoms with E-state index in [-0.39, 0.29) is 5.56 Å². The van der Waals surface area contributed by atoms with Crippen molar-refractivity contribution >= 4 is 0 Å². The van der Waals surface area contributed by atoms with Gasteiger partial charge in [-0.25, -0.2) is 9.67 Å². The van der Waals surface area contributed by atoms with Gasteiger partial charge in [-0.05, 0) is 19.3 Å². The van der Waals surface area contributed by atoms with Crippen molar-refractivity contribution in [1.82, 2.24) is 19.7 Å². The van der Waals surface area contributed by atoms with E-state index in [1.165, 1.54) is 0 Å². The van der Waals surface area contributed by atoms with Crippen LogP contribution >= 0.6 is 0 Å². The molecule has 1 N–H and O–H groups in total. The van der Waals surface area contributed by atoms with Crippen LogP contribution in [0.25, 0.3) is 11.4 Å². The molecule has 0 aliphatic rings. The van der Waals surface area contributed by atoms with E-state index in [1.54, 1.807) is 24.9 Å². The lowest BCUT2D eigenvalue weighted by Crippen LogP contribution is -2.12. The quantitative estimate of drug-likeness (QED) is 0.922. The minimum atomic E-state index is -0.157. The summed E-state index contributed by atoms with van der Waals surface area (Å²) < 4.78 is 6.99. The Hall–Kier alpha value is -2.11. The lowest BCUT2D eigenvalue weighted by atomic mass is 10.1. The van der Waals surface area contributed by atoms with Gasteiger partial charge in [0.05, 0.1) is 12.8 Å². The average molecular weight is 276 g/mol. The third-order valence-corrected chi connectivity index (χ3v) is 3.01. The Morgan fingerprint density at radius 3 is 2.75 bits per heavy atom. The highest BCUT2D eigenvalue weighted by atomic mass is 16.5. The minimum absolute atomic E-state index is 0.157. The zero-order valence-corrected chi connectivity index (χ0v) is 12.5. The summed E-state index contributed by atoms with van der Waals surface area (Å²) in [7, 11) is 3.38. The predicted molar refractivity (Wildman–Crippen MR) is 76.9 cm³/mol. The number of aryl methyl sites for hydroxylation is 2. The van der Waals surface area contributed by atoms with Crippen molar-refractivity contribution in [2.24, 2.45) is 13.0 Å². The summed E-state index contributed by atoms with van der Waals surface area (Å²) >= 11 is 0. The molecule has 20 heavy (non-hydrogen) atoms. The van der Waals surface area contributed by atoms with Crippen LogP contribution in [0.15, 0.2) is 10.9 Å². The molecule has 2 aromatic rings. The van der Waals surface area contributed by atoms with Crippen molar-refractivity contribution in [2.45, 2.75) is 27.2 Å². The molecule has 0 bridgehead atoms. The second-order valence-corrected chi connectivity index (χ2v) is 5.28. The Kier molecular flexibility index (Phi) is 3.92. The van der Waals surface area contributed by atoms with E-state index in [1.807, 2.05) is 6.92 Å². The maximum absolute atomic E-state index is 11.8. The van der Waals surface area contributed by atoms with Crippen LogP contribution in [0.5, 0.6) is 5.88 Å². The molecule has 0 saturated heterocycles. The average Bonchev–Trinajstić information content (AvgIpc) is 2.61. The molecule has 0 spiro atoms. The predicted octanol–water partition coefficient (Wildman–Crippen LogP) is 1.69. The van der Waals surface area contributed by atoms with Gasteiger partial charge >= 0.3 is 0 Å². The van der Waals surface area contributed by atoms with Crippen molar-refractivity contribution in [3.8, 4) is 17.3 Å². The fourth-order valence-corrected chi connectivity index (χ4v) is 2.29. The number of H-pyrrole nitrogens is 1. The fraction of sp³-hybridized carbons (Fsp3) is 0.500. The van der Waals surface area contributed by atoms with Gasteiger partial charge in [-0.1, -0.05) is 13.8 Å². The first-order chi connectivity index (χ1) is 9.42. The summed E-state index contributed by atoms with van der Waals surface area (Å²) in [6.45, 7) is 6.06. The highest BCUT2D eigenvalue weighted by Gasteiger charge is 2.18. The SMILES string of the molecule is COc1c(-c2nc(CC(C)C)cc(=O)[nH]2)c(C)nn1C. The van der Waals surface area contributed by atoms with Gasteiger partial charge in [0.25, 0.3) is 5.56 Å². The van der Waals surface area contributed by atoms with Gasteiger partial charge in [-0.15, -0.1) is 0 Å². The smallest absolute Gasteiger partial charge is 0.251 e. The number of ether oxygens (including phenoxy) is 1. The Morgan fingerprint density at radius 2 is 2.15 bits per heavy atom. The zero-order valence-electron chi connectivity index (χ0n) is 12.5. The molecular formula is C14H20N4O2. The number of hydrogen-bond donors (Lipinski definition) is 1. The fourth-order valence-electron chi connectivity index (χ4n) is 2.29. The molecule has 0 aliphatic heterocycles. The molecule has 6 nitrogen and oxygen atoms in total. The third kappa shape index (κ3) is 2.74. The van der Waals surface area contributed by atoms with Crippen LogP contribution in [-0.2, 0) is 13.5 Å². The Bertz CT molecular complexity index is 670. The topological polar surface area (TPSA) is 72.8 Å². The second kappa shape index (κ2) is 5.48. The molecule has 0 atom stereocenters. The number of rotatable bonds is 4. The summed E-state index contributed by atoms with van der Waals surface area (Å²) in [4.78, 5) is 19.1. The molecule has 0 saturated carbocycles. The zero-order chi connectivity index (χ0) is 14.9. The molecular weight excluding hydrogens is 256 g/mol. The van der Waals surface area contributed by atoms with Gasteiger partial charge in [0, 0.05) is 18.8 Å². The summed E-state index contributed by atoms with van der Waals surface area (Å²) in [6, 6.07) is 1.54. The van der Waals surface area contributed by atoms with Crippen molar-refractivity contribution in [1.29, 1.82) is 0 Å². The van der Waals surface area contributed by atoms with E-state index in [0.717, 1.165) is 23.4 Å². The number of nitrogens with zero attached hydrogens (tertiary/aromatic N) is 3. The molecule has 0 unspecified atom stereocenters. The van der Waals surface area contributed by atoms with Crippen LogP contribution in [0.1, 0.15) is 25.2 Å². The molecule has 6 heteroatoms. The highest BCUT2D eigenvalue weighted by Crippen LogP contribution is 2.29. The standard InChI is InChI=1S/C14H20N4O2/c1-8(2)6-10-7-11(19)16-13(15-10)12-9(3)17-18(4)14(12)20-5/h7-8H,6H2,1-5H3,(H,15,16,19). The third-order valence-electron chi connectivity index (χ3n) is 3.01. The molecule has 0 fully saturated rings. The van der Waals surface area contributed by atoms with Gasteiger partial charge in [0.15, 0.2) is 0 Å². The summed E-state index contributed by atoms with van der Waals surface area (Å²) in [5.74, 6) is 1.54. The van der Waals surface area contributed by atoms with Gasteiger partial charge in [-0.2, -0.15) is 5.10 Å². The molecule has 0 aromatic carbocycles. The largest absolute Gasteiger partial charge is 0.481 e. The highest BCUT2D eigenvalue weighted by molar-refractivity contribution is 5.64. The summed E-state index contributed by atoms with van der Waals surface area (Å²) in [5, 5.41) is 4.31. The van der Waals surface area contributed by atoms with Gasteiger partial charge in [0.2, 0.25) is 5.88 Å². The van der Waals surface area contributed by atoms with Gasteiger partial charge < -0.3 is 9.72 Å². The molecule has 0 amide bonds. The number of hydrogen-bond acceptors (Lipinski definition) is 4. The van der Waals surface area contributed by atoms with Crippen molar-refractivity contribution in [2.75, 3.05) is 7.11 Å². The number of nitrogens with one attached hydrogen (secondary N) is 1. The first-order valence-electron chi connectivity index (χ1n) is 6.60. The molecule has 108 valence electrons. The van der Waals surface area contributed by atoms with E-state index < -0.39 is 0 Å². The van der Waals surface area contributed by atoms with Crippen LogP contribution in [0, 0.1) is 12.8 Å².